The lowest BCUT2D eigenvalue weighted by Gasteiger charge is -2.29. The number of methoxy groups -OCH3 is 1. The number of carbonyl (C=O) groups excluding carboxylic acids is 2. The Hall–Kier alpha value is -1.06. The maximum atomic E-state index is 13.1. The second-order valence-corrected chi connectivity index (χ2v) is 11.0. The molecule has 4 heterocycles. The zero-order valence-corrected chi connectivity index (χ0v) is 19.2. The molecule has 2 amide bonds. The molecule has 1 aromatic rings. The first-order chi connectivity index (χ1) is 13.9. The number of hydrogen-bond acceptors (Lipinski definition) is 6. The van der Waals surface area contributed by atoms with E-state index in [0.717, 1.165) is 17.8 Å². The molecule has 0 radical (unpaired) electrons. The predicted molar refractivity (Wildman–Crippen MR) is 118 cm³/mol. The zero-order chi connectivity index (χ0) is 20.7. The molecule has 4 atom stereocenters. The number of allylic oxidation sites excluding steroid dienone is 1. The molecule has 0 aromatic carbocycles. The maximum absolute atomic E-state index is 13.1. The Kier molecular flexibility index (Phi) is 6.27. The Balaban J connectivity index is 1.41. The molecule has 29 heavy (non-hydrogen) atoms. The van der Waals surface area contributed by atoms with Gasteiger partial charge in [0.1, 0.15) is 0 Å². The van der Waals surface area contributed by atoms with E-state index in [2.05, 4.69) is 30.3 Å². The molecule has 6 nitrogen and oxygen atoms in total. The van der Waals surface area contributed by atoms with Crippen LogP contribution in [0.1, 0.15) is 33.5 Å². The molecular formula is C20H26ClN3O3S2. The number of nitrogens with one attached hydrogen (secondary N) is 1. The first-order valence-electron chi connectivity index (χ1n) is 9.82. The van der Waals surface area contributed by atoms with Crippen LogP contribution in [-0.4, -0.2) is 72.3 Å². The molecule has 158 valence electrons. The van der Waals surface area contributed by atoms with E-state index in [1.165, 1.54) is 22.2 Å². The summed E-state index contributed by atoms with van der Waals surface area (Å²) in [7, 11) is 3.75. The lowest BCUT2D eigenvalue weighted by atomic mass is 10.0. The molecule has 0 saturated carbocycles. The van der Waals surface area contributed by atoms with Crippen molar-refractivity contribution in [1.29, 1.82) is 0 Å². The van der Waals surface area contributed by atoms with Gasteiger partial charge in [0.05, 0.1) is 26.6 Å². The molecular weight excluding hydrogens is 430 g/mol. The number of likely N-dealkylation sites (N-methyl/N-ethyl adjacent to an activating group) is 1. The van der Waals surface area contributed by atoms with E-state index in [9.17, 15) is 9.59 Å². The van der Waals surface area contributed by atoms with Crippen LogP contribution in [0.4, 0.5) is 0 Å². The minimum absolute atomic E-state index is 0.0263. The van der Waals surface area contributed by atoms with Gasteiger partial charge in [-0.05, 0) is 38.4 Å². The smallest absolute Gasteiger partial charge is 0.264 e. The van der Waals surface area contributed by atoms with Crippen molar-refractivity contribution in [2.45, 2.75) is 49.7 Å². The molecule has 3 aliphatic heterocycles. The minimum Gasteiger partial charge on any atom is -0.377 e. The van der Waals surface area contributed by atoms with E-state index in [0.29, 0.717) is 29.9 Å². The number of thiophene rings is 1. The van der Waals surface area contributed by atoms with Crippen molar-refractivity contribution < 1.29 is 14.3 Å². The summed E-state index contributed by atoms with van der Waals surface area (Å²) in [5, 5.41) is 2.86. The minimum atomic E-state index is -0.211. The van der Waals surface area contributed by atoms with Crippen molar-refractivity contribution in [3.05, 3.63) is 31.8 Å². The molecule has 1 saturated heterocycles. The Labute approximate surface area is 184 Å². The lowest BCUT2D eigenvalue weighted by Crippen LogP contribution is -2.46. The third-order valence-electron chi connectivity index (χ3n) is 5.99. The molecule has 1 aromatic heterocycles. The number of ether oxygens (including phenoxy) is 1. The number of thioether (sulfide) groups is 1. The van der Waals surface area contributed by atoms with E-state index in [4.69, 9.17) is 16.3 Å². The zero-order valence-electron chi connectivity index (χ0n) is 16.8. The van der Waals surface area contributed by atoms with Crippen LogP contribution >= 0.6 is 34.7 Å². The highest BCUT2D eigenvalue weighted by atomic mass is 35.5. The first kappa shape index (κ1) is 21.2. The quantitative estimate of drug-likeness (QED) is 0.756. The largest absolute Gasteiger partial charge is 0.377 e. The van der Waals surface area contributed by atoms with Crippen molar-refractivity contribution in [3.8, 4) is 0 Å². The van der Waals surface area contributed by atoms with Crippen LogP contribution in [0, 0.1) is 0 Å². The van der Waals surface area contributed by atoms with Crippen LogP contribution in [0.25, 0.3) is 0 Å². The fourth-order valence-corrected chi connectivity index (χ4v) is 6.54. The molecule has 0 aliphatic carbocycles. The van der Waals surface area contributed by atoms with Gasteiger partial charge in [-0.1, -0.05) is 17.7 Å². The third kappa shape index (κ3) is 4.37. The molecule has 1 N–H and O–H groups in total. The predicted octanol–water partition coefficient (Wildman–Crippen LogP) is 2.67. The summed E-state index contributed by atoms with van der Waals surface area (Å²) in [6.45, 7) is 4.05. The molecule has 3 aliphatic rings. The van der Waals surface area contributed by atoms with Gasteiger partial charge in [-0.2, -0.15) is 0 Å². The number of hydrogen-bond donors (Lipinski definition) is 1. The maximum Gasteiger partial charge on any atom is 0.264 e. The normalized spacial score (nSPS) is 29.7. The highest BCUT2D eigenvalue weighted by Gasteiger charge is 2.39. The number of amides is 2. The van der Waals surface area contributed by atoms with Gasteiger partial charge in [-0.3, -0.25) is 14.5 Å². The van der Waals surface area contributed by atoms with Gasteiger partial charge < -0.3 is 15.0 Å². The summed E-state index contributed by atoms with van der Waals surface area (Å²) in [6.07, 6.45) is 3.27. The highest BCUT2D eigenvalue weighted by Crippen LogP contribution is 2.35. The van der Waals surface area contributed by atoms with Gasteiger partial charge in [-0.25, -0.2) is 0 Å². The summed E-state index contributed by atoms with van der Waals surface area (Å²) in [5.74, 6) is -0.0229. The average molecular weight is 456 g/mol. The van der Waals surface area contributed by atoms with Crippen LogP contribution in [-0.2, 0) is 22.5 Å². The lowest BCUT2D eigenvalue weighted by molar-refractivity contribution is -0.121. The van der Waals surface area contributed by atoms with E-state index in [-0.39, 0.29) is 29.2 Å². The molecule has 4 rings (SSSR count). The van der Waals surface area contributed by atoms with Crippen molar-refractivity contribution in [3.63, 3.8) is 0 Å². The fourth-order valence-electron chi connectivity index (χ4n) is 4.08. The summed E-state index contributed by atoms with van der Waals surface area (Å²) in [6, 6.07) is 2.33. The number of carbonyl (C=O) groups is 2. The Bertz CT molecular complexity index is 815. The topological polar surface area (TPSA) is 61.9 Å². The number of nitrogens with zero attached hydrogens (tertiary/aromatic N) is 2. The highest BCUT2D eigenvalue weighted by molar-refractivity contribution is 8.06. The van der Waals surface area contributed by atoms with Crippen LogP contribution < -0.4 is 5.32 Å². The SMILES string of the molecule is CO[C@H]1CN(C(=O)c2cc3c(s2)CN(C)C(C)C3)C[C@@H]1NC(=O)C1CC=C(Cl)S1. The van der Waals surface area contributed by atoms with Crippen molar-refractivity contribution in [2.75, 3.05) is 27.2 Å². The Morgan fingerprint density at radius 1 is 1.34 bits per heavy atom. The fraction of sp³-hybridized carbons (Fsp3) is 0.600. The molecule has 0 bridgehead atoms. The second kappa shape index (κ2) is 8.59. The van der Waals surface area contributed by atoms with E-state index < -0.39 is 0 Å². The standard InChI is InChI=1S/C20H26ClN3O3S2/c1-11-6-12-7-16(28-17(12)10-23(11)2)20(26)24-8-13(14(9-24)27-3)22-19(25)15-4-5-18(21)29-15/h5,7,11,13-15H,4,6,8-10H2,1-3H3,(H,22,25)/t11?,13-,14-,15?/m0/s1. The van der Waals surface area contributed by atoms with Crippen LogP contribution in [0.15, 0.2) is 16.5 Å². The molecule has 1 fully saturated rings. The van der Waals surface area contributed by atoms with E-state index >= 15 is 0 Å². The van der Waals surface area contributed by atoms with Gasteiger partial charge in [0, 0.05) is 37.7 Å². The summed E-state index contributed by atoms with van der Waals surface area (Å²) in [5.41, 5.74) is 1.29. The number of rotatable bonds is 4. The second-order valence-electron chi connectivity index (χ2n) is 7.98. The van der Waals surface area contributed by atoms with Crippen molar-refractivity contribution >= 4 is 46.5 Å². The van der Waals surface area contributed by atoms with Gasteiger partial charge in [0.25, 0.3) is 5.91 Å². The Morgan fingerprint density at radius 2 is 2.14 bits per heavy atom. The first-order valence-corrected chi connectivity index (χ1v) is 11.9. The summed E-state index contributed by atoms with van der Waals surface area (Å²) in [4.78, 5) is 31.9. The van der Waals surface area contributed by atoms with Crippen LogP contribution in [0.3, 0.4) is 0 Å². The van der Waals surface area contributed by atoms with Crippen molar-refractivity contribution in [1.82, 2.24) is 15.1 Å². The van der Waals surface area contributed by atoms with Crippen molar-refractivity contribution in [2.24, 2.45) is 0 Å². The van der Waals surface area contributed by atoms with Gasteiger partial charge in [-0.15, -0.1) is 23.1 Å². The van der Waals surface area contributed by atoms with Crippen LogP contribution in [0.5, 0.6) is 0 Å². The average Bonchev–Trinajstić information content (AvgIpc) is 3.40. The molecule has 9 heteroatoms. The summed E-state index contributed by atoms with van der Waals surface area (Å²) >= 11 is 8.95. The monoisotopic (exact) mass is 455 g/mol. The summed E-state index contributed by atoms with van der Waals surface area (Å²) < 4.78 is 6.24. The molecule has 2 unspecified atom stereocenters. The van der Waals surface area contributed by atoms with Gasteiger partial charge in [0.2, 0.25) is 5.91 Å². The Morgan fingerprint density at radius 3 is 2.83 bits per heavy atom. The van der Waals surface area contributed by atoms with Gasteiger partial charge >= 0.3 is 0 Å². The van der Waals surface area contributed by atoms with E-state index in [1.54, 1.807) is 23.3 Å². The van der Waals surface area contributed by atoms with Crippen LogP contribution in [0.2, 0.25) is 0 Å². The number of fused-ring (bicyclic) bond motifs is 1. The van der Waals surface area contributed by atoms with E-state index in [1.807, 2.05) is 6.08 Å². The number of likely N-dealkylation sites (tertiary alicyclic amines) is 1. The molecule has 0 spiro atoms. The third-order valence-corrected chi connectivity index (χ3v) is 8.65. The van der Waals surface area contributed by atoms with Gasteiger partial charge in [0.15, 0.2) is 0 Å². The number of halogens is 1.